The average molecular weight is 273 g/mol. The number of ether oxygens (including phenoxy) is 1. The summed E-state index contributed by atoms with van der Waals surface area (Å²) in [4.78, 5) is 17.4. The Morgan fingerprint density at radius 2 is 2.05 bits per heavy atom. The number of methoxy groups -OCH3 is 1. The van der Waals surface area contributed by atoms with Crippen LogP contribution >= 0.6 is 11.3 Å². The van der Waals surface area contributed by atoms with Gasteiger partial charge in [0.2, 0.25) is 0 Å². The van der Waals surface area contributed by atoms with E-state index in [-0.39, 0.29) is 5.78 Å². The van der Waals surface area contributed by atoms with Crippen molar-refractivity contribution in [1.29, 1.82) is 0 Å². The molecule has 0 unspecified atom stereocenters. The van der Waals surface area contributed by atoms with Crippen LogP contribution in [0, 0.1) is 0 Å². The monoisotopic (exact) mass is 273 g/mol. The van der Waals surface area contributed by atoms with Crippen molar-refractivity contribution >= 4 is 17.1 Å². The van der Waals surface area contributed by atoms with Crippen molar-refractivity contribution in [2.45, 2.75) is 25.7 Å². The van der Waals surface area contributed by atoms with Crippen LogP contribution in [0.4, 0.5) is 0 Å². The van der Waals surface area contributed by atoms with Crippen LogP contribution in [0.3, 0.4) is 0 Å². The quantitative estimate of drug-likeness (QED) is 0.861. The third kappa shape index (κ3) is 2.54. The lowest BCUT2D eigenvalue weighted by Gasteiger charge is -2.06. The Labute approximate surface area is 116 Å². The first kappa shape index (κ1) is 12.4. The van der Waals surface area contributed by atoms with Gasteiger partial charge in [0.1, 0.15) is 11.4 Å². The molecular formula is C15H15NO2S. The van der Waals surface area contributed by atoms with Crippen LogP contribution in [-0.4, -0.2) is 17.9 Å². The number of Topliss-reactive ketones (excluding diaryl/α,β-unsaturated/α-hetero) is 1. The normalized spacial score (nSPS) is 14.3. The molecule has 1 aromatic carbocycles. The maximum Gasteiger partial charge on any atom is 0.182 e. The van der Waals surface area contributed by atoms with E-state index in [0.717, 1.165) is 35.7 Å². The summed E-state index contributed by atoms with van der Waals surface area (Å²) in [6.45, 7) is 0. The number of hydrogen-bond acceptors (Lipinski definition) is 4. The van der Waals surface area contributed by atoms with E-state index >= 15 is 0 Å². The minimum atomic E-state index is 0.207. The fourth-order valence-corrected chi connectivity index (χ4v) is 3.47. The first-order valence-electron chi connectivity index (χ1n) is 6.41. The molecule has 0 spiro atoms. The molecule has 0 radical (unpaired) electrons. The second-order valence-corrected chi connectivity index (χ2v) is 5.85. The molecule has 1 aromatic heterocycles. The van der Waals surface area contributed by atoms with Gasteiger partial charge < -0.3 is 4.74 Å². The summed E-state index contributed by atoms with van der Waals surface area (Å²) >= 11 is 1.68. The molecule has 0 N–H and O–H groups in total. The van der Waals surface area contributed by atoms with Gasteiger partial charge in [-0.2, -0.15) is 0 Å². The zero-order chi connectivity index (χ0) is 13.2. The van der Waals surface area contributed by atoms with E-state index in [1.165, 1.54) is 10.4 Å². The zero-order valence-corrected chi connectivity index (χ0v) is 11.6. The summed E-state index contributed by atoms with van der Waals surface area (Å²) in [6, 6.07) is 7.99. The number of hydrogen-bond donors (Lipinski definition) is 0. The highest BCUT2D eigenvalue weighted by molar-refractivity contribution is 7.12. The number of thiazole rings is 1. The molecular weight excluding hydrogens is 258 g/mol. The van der Waals surface area contributed by atoms with E-state index in [0.29, 0.717) is 6.42 Å². The lowest BCUT2D eigenvalue weighted by atomic mass is 10.0. The van der Waals surface area contributed by atoms with Crippen molar-refractivity contribution in [2.75, 3.05) is 7.11 Å². The fourth-order valence-electron chi connectivity index (χ4n) is 2.31. The predicted octanol–water partition coefficient (Wildman–Crippen LogP) is 3.26. The Morgan fingerprint density at radius 1 is 1.26 bits per heavy atom. The number of carbonyl (C=O) groups excluding carboxylic acids is 1. The van der Waals surface area contributed by atoms with Gasteiger partial charge in [-0.25, -0.2) is 4.98 Å². The van der Waals surface area contributed by atoms with Gasteiger partial charge in [-0.05, 0) is 30.5 Å². The molecule has 0 aliphatic heterocycles. The van der Waals surface area contributed by atoms with Crippen molar-refractivity contribution in [3.8, 4) is 5.75 Å². The summed E-state index contributed by atoms with van der Waals surface area (Å²) in [5, 5.41) is 1.03. The summed E-state index contributed by atoms with van der Waals surface area (Å²) in [5.74, 6) is 1.07. The largest absolute Gasteiger partial charge is 0.497 e. The predicted molar refractivity (Wildman–Crippen MR) is 75.2 cm³/mol. The van der Waals surface area contributed by atoms with Gasteiger partial charge in [-0.15, -0.1) is 11.3 Å². The Morgan fingerprint density at radius 3 is 2.74 bits per heavy atom. The number of nitrogens with zero attached hydrogens (tertiary/aromatic N) is 1. The Kier molecular flexibility index (Phi) is 3.34. The SMILES string of the molecule is COc1ccc(Cc2nc3c(s2)CCCC3=O)cc1. The topological polar surface area (TPSA) is 39.2 Å². The molecule has 0 atom stereocenters. The molecule has 3 rings (SSSR count). The average Bonchev–Trinajstić information content (AvgIpc) is 2.84. The van der Waals surface area contributed by atoms with Gasteiger partial charge in [-0.1, -0.05) is 12.1 Å². The van der Waals surface area contributed by atoms with Gasteiger partial charge in [0.15, 0.2) is 5.78 Å². The van der Waals surface area contributed by atoms with E-state index in [9.17, 15) is 4.79 Å². The number of fused-ring (bicyclic) bond motifs is 1. The second kappa shape index (κ2) is 5.13. The molecule has 2 aromatic rings. The Hall–Kier alpha value is -1.68. The van der Waals surface area contributed by atoms with Crippen molar-refractivity contribution in [1.82, 2.24) is 4.98 Å². The molecule has 0 saturated carbocycles. The van der Waals surface area contributed by atoms with Crippen LogP contribution in [0.15, 0.2) is 24.3 Å². The molecule has 1 aliphatic carbocycles. The summed E-state index contributed by atoms with van der Waals surface area (Å²) in [6.07, 6.45) is 3.41. The molecule has 1 heterocycles. The minimum Gasteiger partial charge on any atom is -0.497 e. The number of ketones is 1. The first-order valence-corrected chi connectivity index (χ1v) is 7.22. The number of benzene rings is 1. The standard InChI is InChI=1S/C15H15NO2S/c1-18-11-7-5-10(6-8-11)9-14-16-15-12(17)3-2-4-13(15)19-14/h5-8H,2-4,9H2,1H3. The van der Waals surface area contributed by atoms with Gasteiger partial charge in [-0.3, -0.25) is 4.79 Å². The minimum absolute atomic E-state index is 0.207. The Bertz CT molecular complexity index is 601. The number of aryl methyl sites for hydroxylation is 1. The molecule has 0 bridgehead atoms. The van der Waals surface area contributed by atoms with Crippen LogP contribution in [0.5, 0.6) is 5.75 Å². The third-order valence-corrected chi connectivity index (χ3v) is 4.44. The fraction of sp³-hybridized carbons (Fsp3) is 0.333. The maximum atomic E-state index is 11.8. The lowest BCUT2D eigenvalue weighted by molar-refractivity contribution is 0.0968. The highest BCUT2D eigenvalue weighted by Crippen LogP contribution is 2.28. The molecule has 19 heavy (non-hydrogen) atoms. The summed E-state index contributed by atoms with van der Waals surface area (Å²) in [5.41, 5.74) is 1.92. The van der Waals surface area contributed by atoms with Crippen LogP contribution in [0.2, 0.25) is 0 Å². The first-order chi connectivity index (χ1) is 9.26. The van der Waals surface area contributed by atoms with Crippen LogP contribution in [0.1, 0.15) is 38.8 Å². The smallest absolute Gasteiger partial charge is 0.182 e. The van der Waals surface area contributed by atoms with Crippen LogP contribution < -0.4 is 4.74 Å². The van der Waals surface area contributed by atoms with E-state index in [4.69, 9.17) is 4.74 Å². The molecule has 98 valence electrons. The van der Waals surface area contributed by atoms with Crippen molar-refractivity contribution in [3.63, 3.8) is 0 Å². The highest BCUT2D eigenvalue weighted by Gasteiger charge is 2.22. The van der Waals surface area contributed by atoms with E-state index in [2.05, 4.69) is 4.98 Å². The van der Waals surface area contributed by atoms with Gasteiger partial charge in [0.25, 0.3) is 0 Å². The van der Waals surface area contributed by atoms with E-state index in [1.54, 1.807) is 18.4 Å². The molecule has 0 fully saturated rings. The van der Waals surface area contributed by atoms with Crippen LogP contribution in [0.25, 0.3) is 0 Å². The molecule has 1 aliphatic rings. The third-order valence-electron chi connectivity index (χ3n) is 3.33. The van der Waals surface area contributed by atoms with E-state index in [1.807, 2.05) is 24.3 Å². The maximum absolute atomic E-state index is 11.8. The number of rotatable bonds is 3. The Balaban J connectivity index is 1.81. The zero-order valence-electron chi connectivity index (χ0n) is 10.8. The van der Waals surface area contributed by atoms with Crippen molar-refractivity contribution < 1.29 is 9.53 Å². The van der Waals surface area contributed by atoms with Crippen molar-refractivity contribution in [2.24, 2.45) is 0 Å². The number of carbonyl (C=O) groups is 1. The van der Waals surface area contributed by atoms with Gasteiger partial charge in [0, 0.05) is 17.7 Å². The molecule has 4 heteroatoms. The molecule has 0 amide bonds. The molecule has 0 saturated heterocycles. The van der Waals surface area contributed by atoms with E-state index < -0.39 is 0 Å². The molecule has 3 nitrogen and oxygen atoms in total. The summed E-state index contributed by atoms with van der Waals surface area (Å²) in [7, 11) is 1.66. The number of aromatic nitrogens is 1. The lowest BCUT2D eigenvalue weighted by Crippen LogP contribution is -2.08. The van der Waals surface area contributed by atoms with Crippen molar-refractivity contribution in [3.05, 3.63) is 45.4 Å². The second-order valence-electron chi connectivity index (χ2n) is 4.68. The highest BCUT2D eigenvalue weighted by atomic mass is 32.1. The van der Waals surface area contributed by atoms with Gasteiger partial charge >= 0.3 is 0 Å². The summed E-state index contributed by atoms with van der Waals surface area (Å²) < 4.78 is 5.14. The van der Waals surface area contributed by atoms with Crippen LogP contribution in [-0.2, 0) is 12.8 Å². The van der Waals surface area contributed by atoms with Gasteiger partial charge in [0.05, 0.1) is 12.1 Å².